The van der Waals surface area contributed by atoms with E-state index in [0.717, 1.165) is 18.9 Å². The minimum absolute atomic E-state index is 0.146. The highest BCUT2D eigenvalue weighted by molar-refractivity contribution is 5.14. The molecular weight excluding hydrogens is 240 g/mol. The Balaban J connectivity index is 2.04. The highest BCUT2D eigenvalue weighted by Crippen LogP contribution is 2.08. The fourth-order valence-corrected chi connectivity index (χ4v) is 2.07. The first-order chi connectivity index (χ1) is 9.33. The molecule has 0 atom stereocenters. The van der Waals surface area contributed by atoms with Crippen LogP contribution in [0.3, 0.4) is 0 Å². The van der Waals surface area contributed by atoms with Crippen molar-refractivity contribution >= 4 is 0 Å². The van der Waals surface area contributed by atoms with Gasteiger partial charge in [0.05, 0.1) is 13.2 Å². The van der Waals surface area contributed by atoms with E-state index in [9.17, 15) is 5.11 Å². The molecule has 2 aromatic rings. The molecule has 19 heavy (non-hydrogen) atoms. The molecule has 1 heterocycles. The van der Waals surface area contributed by atoms with Crippen LogP contribution in [0.2, 0.25) is 0 Å². The number of aromatic nitrogens is 3. The van der Waals surface area contributed by atoms with Crippen molar-refractivity contribution in [1.82, 2.24) is 19.7 Å². The third-order valence-corrected chi connectivity index (χ3v) is 3.03. The van der Waals surface area contributed by atoms with Crippen molar-refractivity contribution in [2.75, 3.05) is 13.2 Å². The lowest BCUT2D eigenvalue weighted by Gasteiger charge is -2.21. The Bertz CT molecular complexity index is 483. The van der Waals surface area contributed by atoms with E-state index in [4.69, 9.17) is 0 Å². The average Bonchev–Trinajstić information content (AvgIpc) is 2.87. The van der Waals surface area contributed by atoms with Gasteiger partial charge in [0.2, 0.25) is 0 Å². The second-order valence-corrected chi connectivity index (χ2v) is 4.41. The van der Waals surface area contributed by atoms with E-state index in [-0.39, 0.29) is 6.61 Å². The van der Waals surface area contributed by atoms with Gasteiger partial charge in [-0.25, -0.2) is 9.67 Å². The number of aryl methyl sites for hydroxylation is 1. The predicted molar refractivity (Wildman–Crippen MR) is 73.3 cm³/mol. The molecule has 2 rings (SSSR count). The summed E-state index contributed by atoms with van der Waals surface area (Å²) in [6, 6.07) is 10.2. The van der Waals surface area contributed by atoms with Gasteiger partial charge in [0.1, 0.15) is 12.2 Å². The smallest absolute Gasteiger partial charge is 0.141 e. The van der Waals surface area contributed by atoms with Crippen LogP contribution in [0.1, 0.15) is 18.3 Å². The van der Waals surface area contributed by atoms with Gasteiger partial charge in [0, 0.05) is 19.6 Å². The van der Waals surface area contributed by atoms with Crippen molar-refractivity contribution in [1.29, 1.82) is 0 Å². The summed E-state index contributed by atoms with van der Waals surface area (Å²) >= 11 is 0. The maximum Gasteiger partial charge on any atom is 0.141 e. The number of aliphatic hydroxyl groups excluding tert-OH is 1. The number of hydrogen-bond donors (Lipinski definition) is 1. The molecule has 5 heteroatoms. The molecule has 0 aliphatic heterocycles. The Labute approximate surface area is 113 Å². The summed E-state index contributed by atoms with van der Waals surface area (Å²) in [4.78, 5) is 6.45. The second-order valence-electron chi connectivity index (χ2n) is 4.41. The van der Waals surface area contributed by atoms with Crippen LogP contribution in [0.25, 0.3) is 0 Å². The van der Waals surface area contributed by atoms with Crippen LogP contribution < -0.4 is 0 Å². The fourth-order valence-electron chi connectivity index (χ4n) is 2.07. The number of benzene rings is 1. The molecule has 0 unspecified atom stereocenters. The Kier molecular flexibility index (Phi) is 5.06. The molecule has 0 fully saturated rings. The Morgan fingerprint density at radius 2 is 2.00 bits per heavy atom. The summed E-state index contributed by atoms with van der Waals surface area (Å²) in [5.41, 5.74) is 1.23. The van der Waals surface area contributed by atoms with Gasteiger partial charge in [-0.15, -0.1) is 0 Å². The number of hydrogen-bond acceptors (Lipinski definition) is 4. The molecule has 0 saturated carbocycles. The summed E-state index contributed by atoms with van der Waals surface area (Å²) < 4.78 is 1.88. The zero-order valence-corrected chi connectivity index (χ0v) is 11.2. The van der Waals surface area contributed by atoms with E-state index >= 15 is 0 Å². The maximum atomic E-state index is 9.19. The van der Waals surface area contributed by atoms with E-state index in [2.05, 4.69) is 27.1 Å². The van der Waals surface area contributed by atoms with Crippen LogP contribution in [0, 0.1) is 0 Å². The number of nitrogens with zero attached hydrogens (tertiary/aromatic N) is 4. The fraction of sp³-hybridized carbons (Fsp3) is 0.429. The van der Waals surface area contributed by atoms with Crippen LogP contribution in [0.4, 0.5) is 0 Å². The van der Waals surface area contributed by atoms with Crippen LogP contribution >= 0.6 is 0 Å². The Hall–Kier alpha value is -1.72. The van der Waals surface area contributed by atoms with Crippen molar-refractivity contribution in [2.24, 2.45) is 0 Å². The SMILES string of the molecule is CCn1ncnc1CN(CCO)Cc1ccccc1. The van der Waals surface area contributed by atoms with Gasteiger partial charge in [-0.3, -0.25) is 4.90 Å². The van der Waals surface area contributed by atoms with E-state index in [1.165, 1.54) is 5.56 Å². The average molecular weight is 260 g/mol. The standard InChI is InChI=1S/C14H20N4O/c1-2-18-14(15-12-16-18)11-17(8-9-19)10-13-6-4-3-5-7-13/h3-7,12,19H,2,8-11H2,1H3. The van der Waals surface area contributed by atoms with Gasteiger partial charge < -0.3 is 5.11 Å². The third kappa shape index (κ3) is 3.87. The molecule has 0 amide bonds. The molecule has 0 bridgehead atoms. The van der Waals surface area contributed by atoms with Crippen molar-refractivity contribution in [2.45, 2.75) is 26.6 Å². The zero-order valence-electron chi connectivity index (χ0n) is 11.2. The van der Waals surface area contributed by atoms with Crippen LogP contribution in [0.15, 0.2) is 36.7 Å². The van der Waals surface area contributed by atoms with Gasteiger partial charge in [-0.2, -0.15) is 5.10 Å². The maximum absolute atomic E-state index is 9.19. The van der Waals surface area contributed by atoms with Gasteiger partial charge in [0.15, 0.2) is 0 Å². The van der Waals surface area contributed by atoms with Gasteiger partial charge >= 0.3 is 0 Å². The topological polar surface area (TPSA) is 54.2 Å². The Morgan fingerprint density at radius 1 is 1.21 bits per heavy atom. The largest absolute Gasteiger partial charge is 0.395 e. The van der Waals surface area contributed by atoms with Crippen molar-refractivity contribution in [3.63, 3.8) is 0 Å². The number of rotatable bonds is 7. The first kappa shape index (κ1) is 13.7. The summed E-state index contributed by atoms with van der Waals surface area (Å²) in [7, 11) is 0. The number of aliphatic hydroxyl groups is 1. The van der Waals surface area contributed by atoms with Crippen LogP contribution in [-0.4, -0.2) is 37.9 Å². The molecule has 102 valence electrons. The van der Waals surface area contributed by atoms with Crippen LogP contribution in [-0.2, 0) is 19.6 Å². The molecule has 1 N–H and O–H groups in total. The molecule has 0 aliphatic rings. The second kappa shape index (κ2) is 7.01. The normalized spacial score (nSPS) is 11.1. The molecule has 5 nitrogen and oxygen atoms in total. The lowest BCUT2D eigenvalue weighted by molar-refractivity contribution is 0.179. The van der Waals surface area contributed by atoms with E-state index in [1.54, 1.807) is 6.33 Å². The first-order valence-electron chi connectivity index (χ1n) is 6.57. The highest BCUT2D eigenvalue weighted by atomic mass is 16.3. The van der Waals surface area contributed by atoms with E-state index in [1.807, 2.05) is 29.8 Å². The summed E-state index contributed by atoms with van der Waals surface area (Å²) in [6.45, 7) is 5.14. The van der Waals surface area contributed by atoms with Gasteiger partial charge in [-0.05, 0) is 12.5 Å². The van der Waals surface area contributed by atoms with Gasteiger partial charge in [-0.1, -0.05) is 30.3 Å². The molecule has 1 aromatic carbocycles. The van der Waals surface area contributed by atoms with Gasteiger partial charge in [0.25, 0.3) is 0 Å². The molecule has 0 radical (unpaired) electrons. The summed E-state index contributed by atoms with van der Waals surface area (Å²) in [6.07, 6.45) is 1.58. The quantitative estimate of drug-likeness (QED) is 0.815. The highest BCUT2D eigenvalue weighted by Gasteiger charge is 2.10. The van der Waals surface area contributed by atoms with Crippen molar-refractivity contribution in [3.05, 3.63) is 48.0 Å². The molecule has 0 spiro atoms. The third-order valence-electron chi connectivity index (χ3n) is 3.03. The zero-order chi connectivity index (χ0) is 13.5. The summed E-state index contributed by atoms with van der Waals surface area (Å²) in [5.74, 6) is 0.937. The molecule has 1 aromatic heterocycles. The Morgan fingerprint density at radius 3 is 2.68 bits per heavy atom. The molecular formula is C14H20N4O. The molecule has 0 aliphatic carbocycles. The van der Waals surface area contributed by atoms with Crippen LogP contribution in [0.5, 0.6) is 0 Å². The lowest BCUT2D eigenvalue weighted by Crippen LogP contribution is -2.27. The minimum Gasteiger partial charge on any atom is -0.395 e. The molecule has 0 saturated heterocycles. The first-order valence-corrected chi connectivity index (χ1v) is 6.57. The van der Waals surface area contributed by atoms with E-state index < -0.39 is 0 Å². The van der Waals surface area contributed by atoms with Crippen molar-refractivity contribution < 1.29 is 5.11 Å². The van der Waals surface area contributed by atoms with Crippen molar-refractivity contribution in [3.8, 4) is 0 Å². The summed E-state index contributed by atoms with van der Waals surface area (Å²) in [5, 5.41) is 13.4. The monoisotopic (exact) mass is 260 g/mol. The lowest BCUT2D eigenvalue weighted by atomic mass is 10.2. The minimum atomic E-state index is 0.146. The van der Waals surface area contributed by atoms with E-state index in [0.29, 0.717) is 13.1 Å². The predicted octanol–water partition coefficient (Wildman–Crippen LogP) is 1.29.